The van der Waals surface area contributed by atoms with E-state index >= 15 is 0 Å². The molecule has 0 aliphatic carbocycles. The van der Waals surface area contributed by atoms with Crippen molar-refractivity contribution in [1.29, 1.82) is 0 Å². The van der Waals surface area contributed by atoms with Gasteiger partial charge < -0.3 is 15.2 Å². The molecule has 1 rings (SSSR count). The summed E-state index contributed by atoms with van der Waals surface area (Å²) in [7, 11) is 0. The van der Waals surface area contributed by atoms with Crippen LogP contribution in [0.3, 0.4) is 0 Å². The molecule has 1 unspecified atom stereocenters. The van der Waals surface area contributed by atoms with Gasteiger partial charge in [-0.15, -0.1) is 0 Å². The van der Waals surface area contributed by atoms with Crippen LogP contribution in [0.2, 0.25) is 0 Å². The average Bonchev–Trinajstić information content (AvgIpc) is 2.28. The number of benzene rings is 1. The molecule has 0 aliphatic rings. The second kappa shape index (κ2) is 7.30. The lowest BCUT2D eigenvalue weighted by Gasteiger charge is -2.14. The van der Waals surface area contributed by atoms with Crippen LogP contribution in [0.1, 0.15) is 19.4 Å². The lowest BCUT2D eigenvalue weighted by molar-refractivity contribution is 0.106. The topological polar surface area (TPSA) is 41.5 Å². The maximum absolute atomic E-state index is 9.69. The van der Waals surface area contributed by atoms with Gasteiger partial charge in [0.15, 0.2) is 0 Å². The van der Waals surface area contributed by atoms with Crippen molar-refractivity contribution in [2.75, 3.05) is 19.7 Å². The van der Waals surface area contributed by atoms with Gasteiger partial charge in [0.2, 0.25) is 0 Å². The van der Waals surface area contributed by atoms with E-state index in [0.29, 0.717) is 19.1 Å². The summed E-state index contributed by atoms with van der Waals surface area (Å²) in [5, 5.41) is 12.9. The van der Waals surface area contributed by atoms with Crippen LogP contribution in [-0.4, -0.2) is 30.9 Å². The summed E-state index contributed by atoms with van der Waals surface area (Å²) in [4.78, 5) is 0. The predicted octanol–water partition coefficient (Wildman–Crippen LogP) is 1.98. The van der Waals surface area contributed by atoms with Gasteiger partial charge in [0, 0.05) is 6.54 Å². The molecule has 0 aliphatic heterocycles. The third kappa shape index (κ3) is 6.29. The fraction of sp³-hybridized carbons (Fsp3) is 0.571. The minimum atomic E-state index is -0.463. The second-order valence-electron chi connectivity index (χ2n) is 4.83. The minimum Gasteiger partial charge on any atom is -0.491 e. The summed E-state index contributed by atoms with van der Waals surface area (Å²) in [5.41, 5.74) is 1.21. The number of nitrogens with one attached hydrogen (secondary N) is 1. The van der Waals surface area contributed by atoms with Crippen LogP contribution >= 0.6 is 0 Å². The Morgan fingerprint density at radius 1 is 1.18 bits per heavy atom. The highest BCUT2D eigenvalue weighted by Gasteiger charge is 2.05. The summed E-state index contributed by atoms with van der Waals surface area (Å²) in [6.07, 6.45) is -0.463. The summed E-state index contributed by atoms with van der Waals surface area (Å²) in [5.74, 6) is 1.40. The zero-order valence-electron chi connectivity index (χ0n) is 10.9. The van der Waals surface area contributed by atoms with Gasteiger partial charge in [-0.2, -0.15) is 0 Å². The van der Waals surface area contributed by atoms with Crippen molar-refractivity contribution < 1.29 is 9.84 Å². The van der Waals surface area contributed by atoms with E-state index in [0.717, 1.165) is 12.3 Å². The van der Waals surface area contributed by atoms with E-state index < -0.39 is 6.10 Å². The number of ether oxygens (including phenoxy) is 1. The lowest BCUT2D eigenvalue weighted by atomic mass is 10.2. The first-order valence-corrected chi connectivity index (χ1v) is 6.16. The number of aliphatic hydroxyl groups excluding tert-OH is 1. The van der Waals surface area contributed by atoms with Crippen LogP contribution in [0, 0.1) is 12.8 Å². The molecule has 0 aromatic heterocycles. The molecule has 0 radical (unpaired) electrons. The van der Waals surface area contributed by atoms with Crippen molar-refractivity contribution in [2.24, 2.45) is 5.92 Å². The Kier molecular flexibility index (Phi) is 6.01. The van der Waals surface area contributed by atoms with Gasteiger partial charge in [0.25, 0.3) is 0 Å². The number of hydrogen-bond acceptors (Lipinski definition) is 3. The summed E-state index contributed by atoms with van der Waals surface area (Å²) in [6.45, 7) is 8.14. The normalized spacial score (nSPS) is 12.8. The van der Waals surface area contributed by atoms with Gasteiger partial charge >= 0.3 is 0 Å². The molecule has 1 aromatic carbocycles. The van der Waals surface area contributed by atoms with Crippen molar-refractivity contribution in [1.82, 2.24) is 5.32 Å². The van der Waals surface area contributed by atoms with Gasteiger partial charge in [0.05, 0.1) is 0 Å². The van der Waals surface area contributed by atoms with Gasteiger partial charge in [-0.1, -0.05) is 31.5 Å². The van der Waals surface area contributed by atoms with Crippen molar-refractivity contribution in [3.63, 3.8) is 0 Å². The lowest BCUT2D eigenvalue weighted by Crippen LogP contribution is -2.33. The SMILES string of the molecule is Cc1ccc(OCC(O)CNCC(C)C)cc1. The Bertz CT molecular complexity index is 309. The third-order valence-corrected chi connectivity index (χ3v) is 2.40. The quantitative estimate of drug-likeness (QED) is 0.762. The number of rotatable bonds is 7. The molecule has 0 spiro atoms. The second-order valence-corrected chi connectivity index (χ2v) is 4.83. The largest absolute Gasteiger partial charge is 0.491 e. The van der Waals surface area contributed by atoms with E-state index in [1.54, 1.807) is 0 Å². The molecular formula is C14H23NO2. The maximum atomic E-state index is 9.69. The molecule has 2 N–H and O–H groups in total. The molecule has 0 fully saturated rings. The maximum Gasteiger partial charge on any atom is 0.119 e. The van der Waals surface area contributed by atoms with Crippen LogP contribution in [0.4, 0.5) is 0 Å². The summed E-state index contributed by atoms with van der Waals surface area (Å²) < 4.78 is 5.49. The molecule has 1 atom stereocenters. The first-order valence-electron chi connectivity index (χ1n) is 6.16. The molecule has 17 heavy (non-hydrogen) atoms. The summed E-state index contributed by atoms with van der Waals surface area (Å²) in [6, 6.07) is 7.84. The van der Waals surface area contributed by atoms with Crippen LogP contribution in [0.25, 0.3) is 0 Å². The monoisotopic (exact) mass is 237 g/mol. The average molecular weight is 237 g/mol. The van der Waals surface area contributed by atoms with E-state index in [1.807, 2.05) is 31.2 Å². The Labute approximate surface area is 104 Å². The number of aliphatic hydroxyl groups is 1. The van der Waals surface area contributed by atoms with Crippen LogP contribution in [-0.2, 0) is 0 Å². The number of hydrogen-bond donors (Lipinski definition) is 2. The van der Waals surface area contributed by atoms with Crippen molar-refractivity contribution in [2.45, 2.75) is 26.9 Å². The van der Waals surface area contributed by atoms with Crippen molar-refractivity contribution in [3.8, 4) is 5.75 Å². The van der Waals surface area contributed by atoms with Crippen molar-refractivity contribution in [3.05, 3.63) is 29.8 Å². The Hall–Kier alpha value is -1.06. The Balaban J connectivity index is 2.19. The fourth-order valence-electron chi connectivity index (χ4n) is 1.42. The molecule has 0 bridgehead atoms. The molecule has 0 saturated heterocycles. The molecule has 1 aromatic rings. The van der Waals surface area contributed by atoms with E-state index in [-0.39, 0.29) is 0 Å². The predicted molar refractivity (Wildman–Crippen MR) is 70.4 cm³/mol. The minimum absolute atomic E-state index is 0.328. The molecular weight excluding hydrogens is 214 g/mol. The zero-order chi connectivity index (χ0) is 12.7. The van der Waals surface area contributed by atoms with Crippen molar-refractivity contribution >= 4 is 0 Å². The first kappa shape index (κ1) is 14.0. The third-order valence-electron chi connectivity index (χ3n) is 2.40. The standard InChI is InChI=1S/C14H23NO2/c1-11(2)8-15-9-13(16)10-17-14-6-4-12(3)5-7-14/h4-7,11,13,15-16H,8-10H2,1-3H3. The summed E-state index contributed by atoms with van der Waals surface area (Å²) >= 11 is 0. The molecule has 3 nitrogen and oxygen atoms in total. The van der Waals surface area contributed by atoms with E-state index in [4.69, 9.17) is 4.74 Å². The van der Waals surface area contributed by atoms with Gasteiger partial charge in [-0.3, -0.25) is 0 Å². The molecule has 96 valence electrons. The van der Waals surface area contributed by atoms with E-state index in [9.17, 15) is 5.11 Å². The molecule has 0 saturated carbocycles. The zero-order valence-corrected chi connectivity index (χ0v) is 10.9. The van der Waals surface area contributed by atoms with Crippen LogP contribution in [0.5, 0.6) is 5.75 Å². The fourth-order valence-corrected chi connectivity index (χ4v) is 1.42. The Morgan fingerprint density at radius 2 is 1.82 bits per heavy atom. The smallest absolute Gasteiger partial charge is 0.119 e. The number of aryl methyl sites for hydroxylation is 1. The van der Waals surface area contributed by atoms with Crippen LogP contribution in [0.15, 0.2) is 24.3 Å². The van der Waals surface area contributed by atoms with Gasteiger partial charge in [0.1, 0.15) is 18.5 Å². The molecule has 3 heteroatoms. The van der Waals surface area contributed by atoms with Crippen LogP contribution < -0.4 is 10.1 Å². The highest BCUT2D eigenvalue weighted by molar-refractivity contribution is 5.26. The Morgan fingerprint density at radius 3 is 2.41 bits per heavy atom. The highest BCUT2D eigenvalue weighted by atomic mass is 16.5. The van der Waals surface area contributed by atoms with Gasteiger partial charge in [-0.25, -0.2) is 0 Å². The van der Waals surface area contributed by atoms with Gasteiger partial charge in [-0.05, 0) is 31.5 Å². The highest BCUT2D eigenvalue weighted by Crippen LogP contribution is 2.11. The van der Waals surface area contributed by atoms with E-state index in [2.05, 4.69) is 19.2 Å². The molecule has 0 heterocycles. The van der Waals surface area contributed by atoms with E-state index in [1.165, 1.54) is 5.56 Å². The first-order chi connectivity index (χ1) is 8.08. The molecule has 0 amide bonds.